The predicted molar refractivity (Wildman–Crippen MR) is 109 cm³/mol. The summed E-state index contributed by atoms with van der Waals surface area (Å²) in [6.45, 7) is 0.646. The topological polar surface area (TPSA) is 66.9 Å². The number of hydrogen-bond acceptors (Lipinski definition) is 4. The maximum absolute atomic E-state index is 12.8. The van der Waals surface area contributed by atoms with E-state index in [1.807, 2.05) is 0 Å². The van der Waals surface area contributed by atoms with Crippen molar-refractivity contribution in [2.24, 2.45) is 0 Å². The summed E-state index contributed by atoms with van der Waals surface area (Å²) < 4.78 is 32.4. The van der Waals surface area contributed by atoms with Crippen LogP contribution in [0.15, 0.2) is 47.4 Å². The quantitative estimate of drug-likeness (QED) is 0.680. The van der Waals surface area contributed by atoms with Crippen LogP contribution in [-0.2, 0) is 14.8 Å². The van der Waals surface area contributed by atoms with Gasteiger partial charge in [-0.25, -0.2) is 8.42 Å². The molecule has 0 N–H and O–H groups in total. The largest absolute Gasteiger partial charge is 0.482 e. The van der Waals surface area contributed by atoms with Crippen molar-refractivity contribution >= 4 is 50.7 Å². The van der Waals surface area contributed by atoms with E-state index in [-0.39, 0.29) is 53.6 Å². The highest BCUT2D eigenvalue weighted by molar-refractivity contribution is 7.89. The van der Waals surface area contributed by atoms with Crippen molar-refractivity contribution < 1.29 is 17.9 Å². The molecule has 0 saturated carbocycles. The summed E-state index contributed by atoms with van der Waals surface area (Å²) in [6.07, 6.45) is 0. The molecule has 1 aliphatic rings. The second-order valence-corrected chi connectivity index (χ2v) is 9.15. The van der Waals surface area contributed by atoms with E-state index in [0.29, 0.717) is 10.8 Å². The molecule has 1 aliphatic heterocycles. The first-order valence-electron chi connectivity index (χ1n) is 8.40. The van der Waals surface area contributed by atoms with Gasteiger partial charge in [-0.2, -0.15) is 4.31 Å². The summed E-state index contributed by atoms with van der Waals surface area (Å²) in [5.41, 5.74) is 0. The Bertz CT molecular complexity index is 977. The Morgan fingerprint density at radius 2 is 1.57 bits per heavy atom. The van der Waals surface area contributed by atoms with Crippen LogP contribution in [0.2, 0.25) is 15.1 Å². The number of carbonyl (C=O) groups is 1. The molecular formula is C18H17Cl3N2O4S. The van der Waals surface area contributed by atoms with Crippen molar-refractivity contribution in [1.82, 2.24) is 9.21 Å². The first-order chi connectivity index (χ1) is 13.3. The molecule has 1 saturated heterocycles. The lowest BCUT2D eigenvalue weighted by atomic mass is 10.3. The number of ether oxygens (including phenoxy) is 1. The van der Waals surface area contributed by atoms with Crippen molar-refractivity contribution in [2.75, 3.05) is 32.8 Å². The van der Waals surface area contributed by atoms with Crippen molar-refractivity contribution in [1.29, 1.82) is 0 Å². The van der Waals surface area contributed by atoms with E-state index >= 15 is 0 Å². The fourth-order valence-corrected chi connectivity index (χ4v) is 5.14. The van der Waals surface area contributed by atoms with Crippen molar-refractivity contribution in [3.05, 3.63) is 57.5 Å². The highest BCUT2D eigenvalue weighted by Crippen LogP contribution is 2.31. The molecule has 0 bridgehead atoms. The fourth-order valence-electron chi connectivity index (χ4n) is 2.79. The van der Waals surface area contributed by atoms with Crippen LogP contribution in [0.4, 0.5) is 0 Å². The van der Waals surface area contributed by atoms with Gasteiger partial charge in [0.05, 0.1) is 15.1 Å². The van der Waals surface area contributed by atoms with Gasteiger partial charge in [0.25, 0.3) is 5.91 Å². The highest BCUT2D eigenvalue weighted by atomic mass is 35.5. The van der Waals surface area contributed by atoms with E-state index in [4.69, 9.17) is 39.5 Å². The van der Waals surface area contributed by atoms with Gasteiger partial charge in [-0.3, -0.25) is 4.79 Å². The van der Waals surface area contributed by atoms with E-state index in [1.54, 1.807) is 29.2 Å². The lowest BCUT2D eigenvalue weighted by Crippen LogP contribution is -2.51. The third kappa shape index (κ3) is 4.55. The van der Waals surface area contributed by atoms with Crippen LogP contribution in [0.3, 0.4) is 0 Å². The zero-order valence-corrected chi connectivity index (χ0v) is 17.7. The minimum absolute atomic E-state index is 0.00388. The van der Waals surface area contributed by atoms with Crippen molar-refractivity contribution in [2.45, 2.75) is 4.90 Å². The molecule has 1 heterocycles. The third-order valence-corrected chi connectivity index (χ3v) is 7.50. The Morgan fingerprint density at radius 1 is 0.929 bits per heavy atom. The molecule has 2 aromatic rings. The van der Waals surface area contributed by atoms with E-state index < -0.39 is 10.0 Å². The smallest absolute Gasteiger partial charge is 0.260 e. The summed E-state index contributed by atoms with van der Waals surface area (Å²) in [5, 5.41) is 0.591. The maximum atomic E-state index is 12.8. The molecule has 2 aromatic carbocycles. The Morgan fingerprint density at radius 3 is 2.25 bits per heavy atom. The van der Waals surface area contributed by atoms with Crippen LogP contribution in [-0.4, -0.2) is 56.3 Å². The molecule has 0 aliphatic carbocycles. The van der Waals surface area contributed by atoms with E-state index in [2.05, 4.69) is 0 Å². The van der Waals surface area contributed by atoms with Gasteiger partial charge in [0.1, 0.15) is 10.6 Å². The Kier molecular flexibility index (Phi) is 6.73. The van der Waals surface area contributed by atoms with Crippen molar-refractivity contribution in [3.63, 3.8) is 0 Å². The summed E-state index contributed by atoms with van der Waals surface area (Å²) in [6, 6.07) is 11.4. The van der Waals surface area contributed by atoms with Gasteiger partial charge in [-0.1, -0.05) is 53.0 Å². The third-order valence-electron chi connectivity index (χ3n) is 4.31. The molecule has 6 nitrogen and oxygen atoms in total. The number of para-hydroxylation sites is 1. The normalized spacial score (nSPS) is 15.5. The van der Waals surface area contributed by atoms with Gasteiger partial charge >= 0.3 is 0 Å². The van der Waals surface area contributed by atoms with Gasteiger partial charge in [0.2, 0.25) is 10.0 Å². The number of sulfonamides is 1. The van der Waals surface area contributed by atoms with E-state index in [9.17, 15) is 13.2 Å². The molecule has 0 aromatic heterocycles. The SMILES string of the molecule is O=C(COc1ccccc1Cl)N1CCN(S(=O)(=O)c2cccc(Cl)c2Cl)CC1. The number of amides is 1. The van der Waals surface area contributed by atoms with Crippen LogP contribution in [0.1, 0.15) is 0 Å². The lowest BCUT2D eigenvalue weighted by molar-refractivity contribution is -0.134. The minimum Gasteiger partial charge on any atom is -0.482 e. The molecule has 150 valence electrons. The summed E-state index contributed by atoms with van der Waals surface area (Å²) in [4.78, 5) is 13.9. The van der Waals surface area contributed by atoms with Crippen LogP contribution >= 0.6 is 34.8 Å². The Hall–Kier alpha value is -1.51. The lowest BCUT2D eigenvalue weighted by Gasteiger charge is -2.34. The first-order valence-corrected chi connectivity index (χ1v) is 11.0. The Balaban J connectivity index is 1.60. The van der Waals surface area contributed by atoms with E-state index in [0.717, 1.165) is 0 Å². The zero-order chi connectivity index (χ0) is 20.3. The number of nitrogens with zero attached hydrogens (tertiary/aromatic N) is 2. The monoisotopic (exact) mass is 462 g/mol. The first kappa shape index (κ1) is 21.2. The second-order valence-electron chi connectivity index (χ2n) is 6.06. The maximum Gasteiger partial charge on any atom is 0.260 e. The van der Waals surface area contributed by atoms with Crippen LogP contribution in [0.25, 0.3) is 0 Å². The molecular weight excluding hydrogens is 447 g/mol. The molecule has 0 unspecified atom stereocenters. The van der Waals surface area contributed by atoms with Crippen molar-refractivity contribution in [3.8, 4) is 5.75 Å². The predicted octanol–water partition coefficient (Wildman–Crippen LogP) is 3.56. The van der Waals surface area contributed by atoms with Crippen LogP contribution < -0.4 is 4.74 Å². The molecule has 28 heavy (non-hydrogen) atoms. The average Bonchev–Trinajstić information content (AvgIpc) is 2.69. The molecule has 1 fully saturated rings. The van der Waals surface area contributed by atoms with Gasteiger partial charge in [0.15, 0.2) is 6.61 Å². The standard InChI is InChI=1S/C18H17Cl3N2O4S/c19-13-4-1-2-6-15(13)27-12-17(24)22-8-10-23(11-9-22)28(25,26)16-7-3-5-14(20)18(16)21/h1-7H,8-12H2. The number of carbonyl (C=O) groups excluding carboxylic acids is 1. The molecule has 3 rings (SSSR count). The number of hydrogen-bond donors (Lipinski definition) is 0. The van der Waals surface area contributed by atoms with Crippen LogP contribution in [0, 0.1) is 0 Å². The van der Waals surface area contributed by atoms with Gasteiger partial charge in [0, 0.05) is 26.2 Å². The minimum atomic E-state index is -3.79. The molecule has 0 radical (unpaired) electrons. The summed E-state index contributed by atoms with van der Waals surface area (Å²) in [7, 11) is -3.79. The zero-order valence-electron chi connectivity index (χ0n) is 14.6. The van der Waals surface area contributed by atoms with Gasteiger partial charge < -0.3 is 9.64 Å². The Labute approximate surface area is 178 Å². The van der Waals surface area contributed by atoms with Gasteiger partial charge in [-0.05, 0) is 24.3 Å². The molecule has 1 amide bonds. The number of benzene rings is 2. The van der Waals surface area contributed by atoms with E-state index in [1.165, 1.54) is 22.5 Å². The summed E-state index contributed by atoms with van der Waals surface area (Å²) >= 11 is 18.0. The average molecular weight is 464 g/mol. The molecule has 0 atom stereocenters. The van der Waals surface area contributed by atoms with Crippen LogP contribution in [0.5, 0.6) is 5.75 Å². The number of halogens is 3. The summed E-state index contributed by atoms with van der Waals surface area (Å²) in [5.74, 6) is 0.187. The molecule has 10 heteroatoms. The number of rotatable bonds is 5. The number of piperazine rings is 1. The fraction of sp³-hybridized carbons (Fsp3) is 0.278. The van der Waals surface area contributed by atoms with Gasteiger partial charge in [-0.15, -0.1) is 0 Å². The second kappa shape index (κ2) is 8.88. The molecule has 0 spiro atoms. The highest BCUT2D eigenvalue weighted by Gasteiger charge is 2.32.